The summed E-state index contributed by atoms with van der Waals surface area (Å²) < 4.78 is 21.6. The molecule has 1 heterocycles. The average molecular weight is 397 g/mol. The lowest BCUT2D eigenvalue weighted by molar-refractivity contribution is -0.123. The van der Waals surface area contributed by atoms with E-state index in [2.05, 4.69) is 0 Å². The fourth-order valence-electron chi connectivity index (χ4n) is 3.46. The summed E-state index contributed by atoms with van der Waals surface area (Å²) in [6.07, 6.45) is 3.94. The van der Waals surface area contributed by atoms with E-state index >= 15 is 0 Å². The largest absolute Gasteiger partial charge is 0.497 e. The van der Waals surface area contributed by atoms with Crippen LogP contribution in [0, 0.1) is 0 Å². The Morgan fingerprint density at radius 1 is 0.862 bits per heavy atom. The number of benzene rings is 2. The molecule has 1 aliphatic rings. The summed E-state index contributed by atoms with van der Waals surface area (Å²) >= 11 is 0. The minimum absolute atomic E-state index is 0.00686. The van der Waals surface area contributed by atoms with Crippen molar-refractivity contribution < 1.29 is 23.7 Å². The van der Waals surface area contributed by atoms with Crippen LogP contribution in [-0.4, -0.2) is 52.3 Å². The number of hydrogen-bond donors (Lipinski definition) is 0. The van der Waals surface area contributed by atoms with Crippen molar-refractivity contribution in [2.24, 2.45) is 0 Å². The standard InChI is InChI=1S/C23H27NO5/c1-26-18-9-7-16(8-10-18)13-19(23(25)24-11-5-6-12-24)17-14-20(27-2)22(29-4)21(15-17)28-3/h7-10,13-15H,5-6,11-12H2,1-4H3/b19-13+. The van der Waals surface area contributed by atoms with Gasteiger partial charge in [0, 0.05) is 18.7 Å². The molecule has 0 atom stereocenters. The van der Waals surface area contributed by atoms with E-state index in [1.807, 2.05) is 47.4 Å². The molecule has 6 heteroatoms. The molecule has 2 aromatic carbocycles. The number of hydrogen-bond acceptors (Lipinski definition) is 5. The van der Waals surface area contributed by atoms with Crippen molar-refractivity contribution in [3.8, 4) is 23.0 Å². The van der Waals surface area contributed by atoms with Crippen molar-refractivity contribution in [3.63, 3.8) is 0 Å². The summed E-state index contributed by atoms with van der Waals surface area (Å²) in [5.74, 6) is 2.28. The lowest BCUT2D eigenvalue weighted by atomic mass is 10.00. The fraction of sp³-hybridized carbons (Fsp3) is 0.348. The molecule has 0 aliphatic carbocycles. The molecule has 29 heavy (non-hydrogen) atoms. The van der Waals surface area contributed by atoms with Gasteiger partial charge in [0.1, 0.15) is 5.75 Å². The predicted octanol–water partition coefficient (Wildman–Crippen LogP) is 3.88. The van der Waals surface area contributed by atoms with Crippen molar-refractivity contribution in [1.29, 1.82) is 0 Å². The normalized spacial score (nSPS) is 13.9. The van der Waals surface area contributed by atoms with Crippen LogP contribution in [0.25, 0.3) is 11.6 Å². The quantitative estimate of drug-likeness (QED) is 0.524. The maximum absolute atomic E-state index is 13.3. The molecule has 0 spiro atoms. The number of nitrogens with zero attached hydrogens (tertiary/aromatic N) is 1. The van der Waals surface area contributed by atoms with Crippen molar-refractivity contribution in [3.05, 3.63) is 47.5 Å². The van der Waals surface area contributed by atoms with Crippen LogP contribution in [0.15, 0.2) is 36.4 Å². The van der Waals surface area contributed by atoms with E-state index in [1.165, 1.54) is 0 Å². The molecular formula is C23H27NO5. The van der Waals surface area contributed by atoms with E-state index < -0.39 is 0 Å². The van der Waals surface area contributed by atoms with E-state index in [4.69, 9.17) is 18.9 Å². The second-order valence-electron chi connectivity index (χ2n) is 6.74. The maximum Gasteiger partial charge on any atom is 0.254 e. The lowest BCUT2D eigenvalue weighted by Crippen LogP contribution is -2.28. The third-order valence-electron chi connectivity index (χ3n) is 5.03. The number of methoxy groups -OCH3 is 4. The molecule has 3 rings (SSSR count). The van der Waals surface area contributed by atoms with Gasteiger partial charge in [0.2, 0.25) is 5.75 Å². The van der Waals surface area contributed by atoms with Gasteiger partial charge in [-0.05, 0) is 54.3 Å². The van der Waals surface area contributed by atoms with E-state index in [0.29, 0.717) is 28.4 Å². The molecule has 0 N–H and O–H groups in total. The monoisotopic (exact) mass is 397 g/mol. The third-order valence-corrected chi connectivity index (χ3v) is 5.03. The zero-order valence-electron chi connectivity index (χ0n) is 17.4. The highest BCUT2D eigenvalue weighted by Crippen LogP contribution is 2.40. The summed E-state index contributed by atoms with van der Waals surface area (Å²) in [4.78, 5) is 15.2. The Morgan fingerprint density at radius 3 is 1.93 bits per heavy atom. The summed E-state index contributed by atoms with van der Waals surface area (Å²) in [5.41, 5.74) is 2.20. The van der Waals surface area contributed by atoms with E-state index in [9.17, 15) is 4.79 Å². The van der Waals surface area contributed by atoms with Crippen LogP contribution in [0.1, 0.15) is 24.0 Å². The van der Waals surface area contributed by atoms with Gasteiger partial charge in [0.25, 0.3) is 5.91 Å². The smallest absolute Gasteiger partial charge is 0.254 e. The minimum atomic E-state index is -0.00686. The van der Waals surface area contributed by atoms with E-state index in [1.54, 1.807) is 28.4 Å². The van der Waals surface area contributed by atoms with Gasteiger partial charge in [0.05, 0.1) is 28.4 Å². The molecule has 0 aromatic heterocycles. The minimum Gasteiger partial charge on any atom is -0.497 e. The first kappa shape index (κ1) is 20.6. The molecule has 1 amide bonds. The van der Waals surface area contributed by atoms with Gasteiger partial charge in [-0.1, -0.05) is 12.1 Å². The van der Waals surface area contributed by atoms with Gasteiger partial charge >= 0.3 is 0 Å². The van der Waals surface area contributed by atoms with Gasteiger partial charge < -0.3 is 23.8 Å². The first-order valence-corrected chi connectivity index (χ1v) is 9.56. The molecule has 0 radical (unpaired) electrons. The number of ether oxygens (including phenoxy) is 4. The first-order valence-electron chi connectivity index (χ1n) is 9.56. The number of carbonyl (C=O) groups excluding carboxylic acids is 1. The Labute approximate surface area is 171 Å². The maximum atomic E-state index is 13.3. The second-order valence-corrected chi connectivity index (χ2v) is 6.74. The predicted molar refractivity (Wildman–Crippen MR) is 113 cm³/mol. The highest BCUT2D eigenvalue weighted by molar-refractivity contribution is 6.24. The number of amides is 1. The second kappa shape index (κ2) is 9.37. The fourth-order valence-corrected chi connectivity index (χ4v) is 3.46. The van der Waals surface area contributed by atoms with Crippen molar-refractivity contribution >= 4 is 17.6 Å². The molecule has 0 saturated carbocycles. The highest BCUT2D eigenvalue weighted by atomic mass is 16.5. The number of likely N-dealkylation sites (tertiary alicyclic amines) is 1. The molecule has 154 valence electrons. The van der Waals surface area contributed by atoms with Crippen LogP contribution in [-0.2, 0) is 4.79 Å². The molecule has 1 aliphatic heterocycles. The topological polar surface area (TPSA) is 57.2 Å². The Kier molecular flexibility index (Phi) is 6.65. The summed E-state index contributed by atoms with van der Waals surface area (Å²) in [6.45, 7) is 1.53. The van der Waals surface area contributed by atoms with Crippen LogP contribution >= 0.6 is 0 Å². The van der Waals surface area contributed by atoms with Gasteiger partial charge in [-0.2, -0.15) is 0 Å². The van der Waals surface area contributed by atoms with Crippen LogP contribution in [0.5, 0.6) is 23.0 Å². The van der Waals surface area contributed by atoms with Crippen LogP contribution in [0.2, 0.25) is 0 Å². The summed E-state index contributed by atoms with van der Waals surface area (Å²) in [6, 6.07) is 11.2. The summed E-state index contributed by atoms with van der Waals surface area (Å²) in [5, 5.41) is 0. The Bertz CT molecular complexity index is 858. The van der Waals surface area contributed by atoms with Crippen LogP contribution < -0.4 is 18.9 Å². The van der Waals surface area contributed by atoms with Gasteiger partial charge in [-0.3, -0.25) is 4.79 Å². The Balaban J connectivity index is 2.11. The average Bonchev–Trinajstić information content (AvgIpc) is 3.31. The van der Waals surface area contributed by atoms with E-state index in [-0.39, 0.29) is 5.91 Å². The van der Waals surface area contributed by atoms with Crippen LogP contribution in [0.3, 0.4) is 0 Å². The zero-order valence-corrected chi connectivity index (χ0v) is 17.4. The Hall–Kier alpha value is -3.15. The molecule has 1 saturated heterocycles. The number of rotatable bonds is 7. The van der Waals surface area contributed by atoms with Crippen molar-refractivity contribution in [2.75, 3.05) is 41.5 Å². The van der Waals surface area contributed by atoms with E-state index in [0.717, 1.165) is 37.2 Å². The summed E-state index contributed by atoms with van der Waals surface area (Å²) in [7, 11) is 6.32. The molecule has 1 fully saturated rings. The number of carbonyl (C=O) groups is 1. The Morgan fingerprint density at radius 2 is 1.45 bits per heavy atom. The molecule has 2 aromatic rings. The SMILES string of the molecule is COc1ccc(/C=C(/C(=O)N2CCCC2)c2cc(OC)c(OC)c(OC)c2)cc1. The lowest BCUT2D eigenvalue weighted by Gasteiger charge is -2.20. The van der Waals surface area contributed by atoms with Crippen molar-refractivity contribution in [1.82, 2.24) is 4.90 Å². The first-order chi connectivity index (χ1) is 14.1. The third kappa shape index (κ3) is 4.47. The van der Waals surface area contributed by atoms with Gasteiger partial charge in [0.15, 0.2) is 11.5 Å². The molecule has 0 bridgehead atoms. The highest BCUT2D eigenvalue weighted by Gasteiger charge is 2.25. The molecule has 6 nitrogen and oxygen atoms in total. The van der Waals surface area contributed by atoms with Gasteiger partial charge in [-0.15, -0.1) is 0 Å². The molecule has 0 unspecified atom stereocenters. The molecular weight excluding hydrogens is 370 g/mol. The zero-order chi connectivity index (χ0) is 20.8. The van der Waals surface area contributed by atoms with Gasteiger partial charge in [-0.25, -0.2) is 0 Å². The van der Waals surface area contributed by atoms with Crippen molar-refractivity contribution in [2.45, 2.75) is 12.8 Å². The van der Waals surface area contributed by atoms with Crippen LogP contribution in [0.4, 0.5) is 0 Å².